The van der Waals surface area contributed by atoms with Crippen LogP contribution >= 0.6 is 11.6 Å². The standard InChI is InChI=1S/C26H25ClFN3O4/c1-17-13-30(18(2)23(15-32)31(17)14-19-5-8-21(28)9-6-19)16-35-24-10-7-20(27)12-22(24)29-26(33)25-4-3-11-34-25/h3-12,17-18H,13-14,16H2,1-2H3,(H,29,33)/t17-,18+/m0/s1. The zero-order valence-electron chi connectivity index (χ0n) is 19.3. The van der Waals surface area contributed by atoms with E-state index in [2.05, 4.69) is 11.3 Å². The lowest BCUT2D eigenvalue weighted by Gasteiger charge is -2.45. The Labute approximate surface area is 207 Å². The van der Waals surface area contributed by atoms with Crippen LogP contribution in [0.4, 0.5) is 10.1 Å². The maximum atomic E-state index is 13.3. The lowest BCUT2D eigenvalue weighted by atomic mass is 10.0. The van der Waals surface area contributed by atoms with Crippen LogP contribution in [0.2, 0.25) is 5.02 Å². The highest BCUT2D eigenvalue weighted by Crippen LogP contribution is 2.30. The van der Waals surface area contributed by atoms with Crippen LogP contribution in [0.1, 0.15) is 30.0 Å². The number of rotatable bonds is 7. The summed E-state index contributed by atoms with van der Waals surface area (Å²) < 4.78 is 24.5. The van der Waals surface area contributed by atoms with Crippen molar-refractivity contribution in [2.75, 3.05) is 18.6 Å². The van der Waals surface area contributed by atoms with Gasteiger partial charge in [-0.3, -0.25) is 9.69 Å². The number of piperazine rings is 1. The van der Waals surface area contributed by atoms with Crippen LogP contribution in [0, 0.1) is 5.82 Å². The number of nitrogens with zero attached hydrogens (tertiary/aromatic N) is 2. The molecule has 1 aliphatic rings. The van der Waals surface area contributed by atoms with Crippen LogP contribution in [0.3, 0.4) is 0 Å². The van der Waals surface area contributed by atoms with E-state index in [-0.39, 0.29) is 30.4 Å². The minimum Gasteiger partial charge on any atom is -0.476 e. The first kappa shape index (κ1) is 24.5. The molecule has 1 N–H and O–H groups in total. The van der Waals surface area contributed by atoms with Gasteiger partial charge in [-0.2, -0.15) is 0 Å². The van der Waals surface area contributed by atoms with E-state index in [1.54, 1.807) is 42.5 Å². The van der Waals surface area contributed by atoms with Crippen LogP contribution in [0.5, 0.6) is 5.75 Å². The second-order valence-corrected chi connectivity index (χ2v) is 8.82. The zero-order chi connectivity index (χ0) is 24.9. The van der Waals surface area contributed by atoms with Gasteiger partial charge in [-0.15, -0.1) is 0 Å². The molecule has 0 saturated carbocycles. The maximum absolute atomic E-state index is 13.3. The fourth-order valence-corrected chi connectivity index (χ4v) is 4.22. The van der Waals surface area contributed by atoms with Gasteiger partial charge in [0.25, 0.3) is 5.91 Å². The van der Waals surface area contributed by atoms with E-state index in [1.165, 1.54) is 18.4 Å². The minimum atomic E-state index is -0.426. The molecule has 7 nitrogen and oxygen atoms in total. The van der Waals surface area contributed by atoms with Crippen molar-refractivity contribution >= 4 is 29.1 Å². The van der Waals surface area contributed by atoms with Crippen molar-refractivity contribution in [2.45, 2.75) is 32.5 Å². The van der Waals surface area contributed by atoms with Crippen molar-refractivity contribution < 1.29 is 23.1 Å². The molecule has 1 saturated heterocycles. The summed E-state index contributed by atoms with van der Waals surface area (Å²) in [5, 5.41) is 3.20. The van der Waals surface area contributed by atoms with Gasteiger partial charge in [0.05, 0.1) is 18.0 Å². The monoisotopic (exact) mass is 497 g/mol. The Bertz CT molecular complexity index is 1230. The highest BCUT2D eigenvalue weighted by molar-refractivity contribution is 6.31. The molecule has 3 aromatic rings. The van der Waals surface area contributed by atoms with Crippen LogP contribution < -0.4 is 10.1 Å². The number of furan rings is 1. The number of halogens is 2. The van der Waals surface area contributed by atoms with E-state index >= 15 is 0 Å². The Balaban J connectivity index is 1.45. The van der Waals surface area contributed by atoms with Gasteiger partial charge in [0, 0.05) is 24.2 Å². The van der Waals surface area contributed by atoms with E-state index in [9.17, 15) is 14.0 Å². The van der Waals surface area contributed by atoms with E-state index in [0.717, 1.165) is 5.56 Å². The van der Waals surface area contributed by atoms with Gasteiger partial charge in [0.1, 0.15) is 29.9 Å². The van der Waals surface area contributed by atoms with E-state index in [1.807, 2.05) is 23.6 Å². The molecule has 1 aliphatic heterocycles. The Morgan fingerprint density at radius 1 is 1.23 bits per heavy atom. The number of hydrogen-bond acceptors (Lipinski definition) is 6. The van der Waals surface area contributed by atoms with Gasteiger partial charge in [0.15, 0.2) is 5.76 Å². The third kappa shape index (κ3) is 5.74. The molecule has 1 fully saturated rings. The molecule has 0 aliphatic carbocycles. The molecule has 35 heavy (non-hydrogen) atoms. The molecule has 4 rings (SSSR count). The Morgan fingerprint density at radius 3 is 2.69 bits per heavy atom. The molecule has 0 bridgehead atoms. The zero-order valence-corrected chi connectivity index (χ0v) is 20.1. The van der Waals surface area contributed by atoms with E-state index in [0.29, 0.717) is 35.2 Å². The normalized spacial score (nSPS) is 18.3. The first-order valence-electron chi connectivity index (χ1n) is 11.1. The predicted molar refractivity (Wildman–Crippen MR) is 130 cm³/mol. The summed E-state index contributed by atoms with van der Waals surface area (Å²) in [7, 11) is 0. The Hall–Kier alpha value is -3.58. The predicted octanol–water partition coefficient (Wildman–Crippen LogP) is 4.97. The van der Waals surface area contributed by atoms with Gasteiger partial charge in [-0.1, -0.05) is 23.7 Å². The molecule has 9 heteroatoms. The maximum Gasteiger partial charge on any atom is 0.291 e. The summed E-state index contributed by atoms with van der Waals surface area (Å²) in [6.45, 7) is 5.19. The molecule has 2 aromatic carbocycles. The number of amides is 1. The molecule has 2 heterocycles. The number of carbonyl (C=O) groups is 1. The van der Waals surface area contributed by atoms with Crippen molar-refractivity contribution in [2.24, 2.45) is 0 Å². The topological polar surface area (TPSA) is 75.0 Å². The average Bonchev–Trinajstić information content (AvgIpc) is 3.38. The smallest absolute Gasteiger partial charge is 0.291 e. The first-order chi connectivity index (χ1) is 16.9. The molecule has 0 spiro atoms. The van der Waals surface area contributed by atoms with Gasteiger partial charge < -0.3 is 19.4 Å². The summed E-state index contributed by atoms with van der Waals surface area (Å²) in [4.78, 5) is 28.4. The molecule has 2 atom stereocenters. The second kappa shape index (κ2) is 10.8. The van der Waals surface area contributed by atoms with Crippen molar-refractivity contribution in [3.05, 3.63) is 88.7 Å². The van der Waals surface area contributed by atoms with Gasteiger partial charge in [0.2, 0.25) is 0 Å². The lowest BCUT2D eigenvalue weighted by molar-refractivity contribution is 0.0288. The van der Waals surface area contributed by atoms with Gasteiger partial charge in [-0.05, 0) is 61.9 Å². The fraction of sp³-hybridized carbons (Fsp3) is 0.269. The SMILES string of the molecule is C[C@@H]1C(=C=O)N(Cc2ccc(F)cc2)[C@@H](C)CN1COc1ccc(Cl)cc1NC(=O)c1ccco1. The largest absolute Gasteiger partial charge is 0.476 e. The quantitative estimate of drug-likeness (QED) is 0.464. The molecular formula is C26H25ClFN3O4. The molecule has 0 unspecified atom stereocenters. The minimum absolute atomic E-state index is 0.0142. The number of benzene rings is 2. The van der Waals surface area contributed by atoms with Crippen molar-refractivity contribution in [3.8, 4) is 5.75 Å². The number of nitrogens with one attached hydrogen (secondary N) is 1. The molecular weight excluding hydrogens is 473 g/mol. The summed E-state index contributed by atoms with van der Waals surface area (Å²) in [6, 6.07) is 14.1. The number of carbonyl (C=O) groups excluding carboxylic acids is 2. The Kier molecular flexibility index (Phi) is 7.56. The van der Waals surface area contributed by atoms with Crippen LogP contribution in [0.25, 0.3) is 0 Å². The summed E-state index contributed by atoms with van der Waals surface area (Å²) in [5.74, 6) is 1.96. The van der Waals surface area contributed by atoms with Crippen molar-refractivity contribution in [3.63, 3.8) is 0 Å². The lowest BCUT2D eigenvalue weighted by Crippen LogP contribution is -2.55. The van der Waals surface area contributed by atoms with Gasteiger partial charge >= 0.3 is 0 Å². The number of ether oxygens (including phenoxy) is 1. The Morgan fingerprint density at radius 2 is 2.00 bits per heavy atom. The molecule has 1 amide bonds. The molecule has 1 aromatic heterocycles. The third-order valence-electron chi connectivity index (χ3n) is 5.98. The highest BCUT2D eigenvalue weighted by atomic mass is 35.5. The van der Waals surface area contributed by atoms with E-state index < -0.39 is 5.91 Å². The summed E-state index contributed by atoms with van der Waals surface area (Å²) in [5.41, 5.74) is 1.81. The summed E-state index contributed by atoms with van der Waals surface area (Å²) >= 11 is 6.13. The van der Waals surface area contributed by atoms with Crippen molar-refractivity contribution in [1.82, 2.24) is 9.80 Å². The molecule has 182 valence electrons. The number of hydrogen-bond donors (Lipinski definition) is 1. The van der Waals surface area contributed by atoms with Crippen LogP contribution in [0.15, 0.2) is 71.0 Å². The van der Waals surface area contributed by atoms with Crippen molar-refractivity contribution in [1.29, 1.82) is 0 Å². The third-order valence-corrected chi connectivity index (χ3v) is 6.21. The van der Waals surface area contributed by atoms with Crippen LogP contribution in [-0.4, -0.2) is 47.0 Å². The number of anilines is 1. The highest BCUT2D eigenvalue weighted by Gasteiger charge is 2.34. The average molecular weight is 498 g/mol. The fourth-order valence-electron chi connectivity index (χ4n) is 4.05. The second-order valence-electron chi connectivity index (χ2n) is 8.38. The van der Waals surface area contributed by atoms with Gasteiger partial charge in [-0.25, -0.2) is 9.18 Å². The first-order valence-corrected chi connectivity index (χ1v) is 11.5. The summed E-state index contributed by atoms with van der Waals surface area (Å²) in [6.07, 6.45) is 1.42. The van der Waals surface area contributed by atoms with Crippen LogP contribution in [-0.2, 0) is 11.3 Å². The molecule has 0 radical (unpaired) electrons. The van der Waals surface area contributed by atoms with E-state index in [4.69, 9.17) is 20.8 Å².